The second kappa shape index (κ2) is 4.64. The van der Waals surface area contributed by atoms with E-state index in [9.17, 15) is 4.79 Å². The highest BCUT2D eigenvalue weighted by Crippen LogP contribution is 2.25. The van der Waals surface area contributed by atoms with Gasteiger partial charge in [-0.05, 0) is 31.6 Å². The van der Waals surface area contributed by atoms with Crippen molar-refractivity contribution in [1.29, 1.82) is 0 Å². The molecule has 0 bridgehead atoms. The molecule has 0 radical (unpaired) electrons. The zero-order chi connectivity index (χ0) is 11.4. The molecule has 0 aliphatic heterocycles. The molecule has 1 N–H and O–H groups in total. The van der Waals surface area contributed by atoms with Crippen LogP contribution >= 0.6 is 0 Å². The second-order valence-corrected chi connectivity index (χ2v) is 3.38. The smallest absolute Gasteiger partial charge is 0.328 e. The molecule has 1 aromatic carbocycles. The molecule has 0 heterocycles. The number of hydrogen-bond acceptors (Lipinski definition) is 2. The second-order valence-electron chi connectivity index (χ2n) is 3.38. The Morgan fingerprint density at radius 1 is 1.40 bits per heavy atom. The minimum absolute atomic E-state index is 0.720. The maximum Gasteiger partial charge on any atom is 0.328 e. The Kier molecular flexibility index (Phi) is 3.50. The maximum absolute atomic E-state index is 10.4. The van der Waals surface area contributed by atoms with Gasteiger partial charge in [0.05, 0.1) is 7.11 Å². The van der Waals surface area contributed by atoms with Crippen LogP contribution in [0.3, 0.4) is 0 Å². The van der Waals surface area contributed by atoms with Gasteiger partial charge < -0.3 is 9.84 Å². The molecule has 0 aliphatic rings. The topological polar surface area (TPSA) is 46.5 Å². The van der Waals surface area contributed by atoms with E-state index < -0.39 is 5.97 Å². The van der Waals surface area contributed by atoms with Gasteiger partial charge in [0, 0.05) is 11.6 Å². The van der Waals surface area contributed by atoms with Gasteiger partial charge in [-0.15, -0.1) is 0 Å². The van der Waals surface area contributed by atoms with E-state index in [0.717, 1.165) is 28.5 Å². The molecule has 0 spiro atoms. The number of ether oxygens (including phenoxy) is 1. The van der Waals surface area contributed by atoms with Crippen LogP contribution < -0.4 is 4.74 Å². The first-order valence-electron chi connectivity index (χ1n) is 4.61. The minimum Gasteiger partial charge on any atom is -0.496 e. The Morgan fingerprint density at radius 2 is 2.07 bits per heavy atom. The van der Waals surface area contributed by atoms with Gasteiger partial charge in [-0.3, -0.25) is 0 Å². The molecular formula is C12H14O3. The number of aliphatic carboxylic acids is 1. The van der Waals surface area contributed by atoms with Crippen molar-refractivity contribution in [3.05, 3.63) is 34.9 Å². The van der Waals surface area contributed by atoms with E-state index in [-0.39, 0.29) is 0 Å². The fraction of sp³-hybridized carbons (Fsp3) is 0.250. The average Bonchev–Trinajstić information content (AvgIpc) is 2.13. The third-order valence-corrected chi connectivity index (χ3v) is 2.06. The van der Waals surface area contributed by atoms with Crippen LogP contribution in [0.15, 0.2) is 18.2 Å². The Morgan fingerprint density at radius 3 is 2.60 bits per heavy atom. The van der Waals surface area contributed by atoms with Gasteiger partial charge >= 0.3 is 5.97 Å². The Bertz CT molecular complexity index is 406. The molecule has 1 aromatic rings. The van der Waals surface area contributed by atoms with Crippen LogP contribution in [0.2, 0.25) is 0 Å². The van der Waals surface area contributed by atoms with Crippen LogP contribution in [0, 0.1) is 13.8 Å². The van der Waals surface area contributed by atoms with Crippen molar-refractivity contribution in [2.24, 2.45) is 0 Å². The van der Waals surface area contributed by atoms with Crippen molar-refractivity contribution < 1.29 is 14.6 Å². The van der Waals surface area contributed by atoms with Gasteiger partial charge in [0.1, 0.15) is 5.75 Å². The van der Waals surface area contributed by atoms with Gasteiger partial charge in [0.25, 0.3) is 0 Å². The summed E-state index contributed by atoms with van der Waals surface area (Å²) < 4.78 is 5.22. The predicted octanol–water partition coefficient (Wildman–Crippen LogP) is 2.41. The summed E-state index contributed by atoms with van der Waals surface area (Å²) in [6.07, 6.45) is 2.65. The Hall–Kier alpha value is -1.77. The van der Waals surface area contributed by atoms with E-state index in [1.807, 2.05) is 26.0 Å². The van der Waals surface area contributed by atoms with Crippen molar-refractivity contribution >= 4 is 12.0 Å². The molecule has 80 valence electrons. The highest BCUT2D eigenvalue weighted by Gasteiger charge is 2.04. The third kappa shape index (κ3) is 2.84. The molecule has 15 heavy (non-hydrogen) atoms. The summed E-state index contributed by atoms with van der Waals surface area (Å²) >= 11 is 0. The number of carboxylic acid groups (broad SMARTS) is 1. The lowest BCUT2D eigenvalue weighted by Crippen LogP contribution is -1.93. The van der Waals surface area contributed by atoms with Crippen LogP contribution in [0.25, 0.3) is 6.08 Å². The summed E-state index contributed by atoms with van der Waals surface area (Å²) in [4.78, 5) is 10.4. The molecule has 0 aromatic heterocycles. The average molecular weight is 206 g/mol. The van der Waals surface area contributed by atoms with E-state index in [1.54, 1.807) is 13.2 Å². The molecule has 0 saturated heterocycles. The summed E-state index contributed by atoms with van der Waals surface area (Å²) in [5.74, 6) is -0.241. The highest BCUT2D eigenvalue weighted by molar-refractivity contribution is 5.86. The van der Waals surface area contributed by atoms with E-state index in [1.165, 1.54) is 0 Å². The maximum atomic E-state index is 10.4. The first-order chi connectivity index (χ1) is 7.04. The summed E-state index contributed by atoms with van der Waals surface area (Å²) in [5.41, 5.74) is 2.87. The number of carbonyl (C=O) groups is 1. The summed E-state index contributed by atoms with van der Waals surface area (Å²) in [5, 5.41) is 8.55. The molecule has 0 atom stereocenters. The lowest BCUT2D eigenvalue weighted by molar-refractivity contribution is -0.131. The quantitative estimate of drug-likeness (QED) is 0.772. The lowest BCUT2D eigenvalue weighted by Gasteiger charge is -2.09. The van der Waals surface area contributed by atoms with Crippen molar-refractivity contribution in [2.45, 2.75) is 13.8 Å². The van der Waals surface area contributed by atoms with Gasteiger partial charge in [-0.25, -0.2) is 4.79 Å². The van der Waals surface area contributed by atoms with Crippen LogP contribution in [0.4, 0.5) is 0 Å². The highest BCUT2D eigenvalue weighted by atomic mass is 16.5. The molecule has 3 nitrogen and oxygen atoms in total. The molecular weight excluding hydrogens is 192 g/mol. The van der Waals surface area contributed by atoms with Gasteiger partial charge in [-0.2, -0.15) is 0 Å². The number of aryl methyl sites for hydroxylation is 2. The predicted molar refractivity (Wildman–Crippen MR) is 59.1 cm³/mol. The minimum atomic E-state index is -0.962. The number of hydrogen-bond donors (Lipinski definition) is 1. The van der Waals surface area contributed by atoms with Crippen molar-refractivity contribution in [3.8, 4) is 5.75 Å². The summed E-state index contributed by atoms with van der Waals surface area (Å²) in [7, 11) is 1.58. The molecule has 1 rings (SSSR count). The Labute approximate surface area is 89.0 Å². The van der Waals surface area contributed by atoms with Crippen LogP contribution in [0.5, 0.6) is 5.75 Å². The normalized spacial score (nSPS) is 10.6. The zero-order valence-corrected chi connectivity index (χ0v) is 9.07. The van der Waals surface area contributed by atoms with Crippen molar-refractivity contribution in [1.82, 2.24) is 0 Å². The molecule has 0 fully saturated rings. The van der Waals surface area contributed by atoms with Crippen molar-refractivity contribution in [3.63, 3.8) is 0 Å². The first-order valence-corrected chi connectivity index (χ1v) is 4.61. The fourth-order valence-electron chi connectivity index (χ4n) is 1.55. The molecule has 0 saturated carbocycles. The SMILES string of the molecule is COc1c(C)cc(C)cc1/C=C/C(=O)O. The first kappa shape index (κ1) is 11.3. The molecule has 0 unspecified atom stereocenters. The lowest BCUT2D eigenvalue weighted by atomic mass is 10.1. The van der Waals surface area contributed by atoms with E-state index in [2.05, 4.69) is 0 Å². The Balaban J connectivity index is 3.20. The van der Waals surface area contributed by atoms with Gasteiger partial charge in [-0.1, -0.05) is 11.6 Å². The standard InChI is InChI=1S/C12H14O3/c1-8-6-9(2)12(15-3)10(7-8)4-5-11(13)14/h4-7H,1-3H3,(H,13,14)/b5-4+. The van der Waals surface area contributed by atoms with Gasteiger partial charge in [0.15, 0.2) is 0 Å². The zero-order valence-electron chi connectivity index (χ0n) is 9.07. The fourth-order valence-corrected chi connectivity index (χ4v) is 1.55. The van der Waals surface area contributed by atoms with Crippen LogP contribution in [0.1, 0.15) is 16.7 Å². The monoisotopic (exact) mass is 206 g/mol. The largest absolute Gasteiger partial charge is 0.496 e. The van der Waals surface area contributed by atoms with E-state index in [0.29, 0.717) is 0 Å². The summed E-state index contributed by atoms with van der Waals surface area (Å²) in [6.45, 7) is 3.90. The van der Waals surface area contributed by atoms with E-state index >= 15 is 0 Å². The molecule has 0 aliphatic carbocycles. The molecule has 3 heteroatoms. The van der Waals surface area contributed by atoms with Crippen molar-refractivity contribution in [2.75, 3.05) is 7.11 Å². The number of rotatable bonds is 3. The van der Waals surface area contributed by atoms with Gasteiger partial charge in [0.2, 0.25) is 0 Å². The number of benzene rings is 1. The number of methoxy groups -OCH3 is 1. The van der Waals surface area contributed by atoms with Crippen LogP contribution in [-0.2, 0) is 4.79 Å². The number of carboxylic acids is 1. The molecule has 0 amide bonds. The third-order valence-electron chi connectivity index (χ3n) is 2.06. The summed E-state index contributed by atoms with van der Waals surface area (Å²) in [6, 6.07) is 3.89. The van der Waals surface area contributed by atoms with Crippen LogP contribution in [-0.4, -0.2) is 18.2 Å². The van der Waals surface area contributed by atoms with E-state index in [4.69, 9.17) is 9.84 Å².